The maximum Gasteiger partial charge on any atom is 0.223 e. The summed E-state index contributed by atoms with van der Waals surface area (Å²) in [6.45, 7) is 3.87. The molecule has 1 aromatic rings. The zero-order chi connectivity index (χ0) is 14.4. The van der Waals surface area contributed by atoms with Crippen LogP contribution >= 0.6 is 24.8 Å². The first-order valence-corrected chi connectivity index (χ1v) is 7.36. The molecule has 22 heavy (non-hydrogen) atoms. The lowest BCUT2D eigenvalue weighted by Gasteiger charge is -2.17. The molecule has 1 fully saturated rings. The second kappa shape index (κ2) is 10.6. The molecule has 1 aliphatic rings. The minimum atomic E-state index is 0. The van der Waals surface area contributed by atoms with Crippen molar-refractivity contribution in [3.8, 4) is 0 Å². The lowest BCUT2D eigenvalue weighted by molar-refractivity contribution is -0.125. The van der Waals surface area contributed by atoms with Crippen molar-refractivity contribution in [2.75, 3.05) is 25.0 Å². The van der Waals surface area contributed by atoms with E-state index >= 15 is 0 Å². The highest BCUT2D eigenvalue weighted by molar-refractivity contribution is 5.85. The molecule has 0 radical (unpaired) electrons. The number of aromatic nitrogens is 1. The van der Waals surface area contributed by atoms with Crippen molar-refractivity contribution in [2.24, 2.45) is 17.6 Å². The van der Waals surface area contributed by atoms with Crippen LogP contribution in [0.2, 0.25) is 0 Å². The minimum Gasteiger partial charge on any atom is -0.368 e. The van der Waals surface area contributed by atoms with Gasteiger partial charge in [0.2, 0.25) is 5.91 Å². The van der Waals surface area contributed by atoms with Gasteiger partial charge in [-0.1, -0.05) is 12.5 Å². The van der Waals surface area contributed by atoms with E-state index in [-0.39, 0.29) is 36.6 Å². The first-order valence-electron chi connectivity index (χ1n) is 7.36. The van der Waals surface area contributed by atoms with Crippen LogP contribution in [0.15, 0.2) is 18.2 Å². The number of hydrogen-bond donors (Lipinski definition) is 3. The molecule has 7 heteroatoms. The molecule has 2 atom stereocenters. The van der Waals surface area contributed by atoms with Crippen LogP contribution in [0.1, 0.15) is 25.0 Å². The Morgan fingerprint density at radius 2 is 2.09 bits per heavy atom. The number of nitrogens with one attached hydrogen (secondary N) is 2. The third-order valence-corrected chi connectivity index (χ3v) is 3.92. The van der Waals surface area contributed by atoms with Gasteiger partial charge in [0.05, 0.1) is 0 Å². The highest BCUT2D eigenvalue weighted by Crippen LogP contribution is 2.30. The average Bonchev–Trinajstić information content (AvgIpc) is 2.92. The Hall–Kier alpha value is -1.04. The average molecular weight is 349 g/mol. The SMILES string of the molecule is Cc1cccc(NCCNC(=O)[C@@H]2CCC[C@@H]2CN)n1.Cl.Cl. The molecule has 0 unspecified atom stereocenters. The summed E-state index contributed by atoms with van der Waals surface area (Å²) in [5.41, 5.74) is 6.69. The molecule has 4 N–H and O–H groups in total. The molecule has 1 aromatic heterocycles. The van der Waals surface area contributed by atoms with Crippen molar-refractivity contribution in [2.45, 2.75) is 26.2 Å². The van der Waals surface area contributed by atoms with Gasteiger partial charge in [0.15, 0.2) is 0 Å². The number of amides is 1. The van der Waals surface area contributed by atoms with Crippen molar-refractivity contribution in [3.63, 3.8) is 0 Å². The second-order valence-electron chi connectivity index (χ2n) is 5.42. The van der Waals surface area contributed by atoms with E-state index in [1.165, 1.54) is 0 Å². The monoisotopic (exact) mass is 348 g/mol. The van der Waals surface area contributed by atoms with Gasteiger partial charge in [-0.05, 0) is 44.4 Å². The Balaban J connectivity index is 0.00000220. The number of halogens is 2. The van der Waals surface area contributed by atoms with E-state index in [2.05, 4.69) is 15.6 Å². The maximum atomic E-state index is 12.1. The van der Waals surface area contributed by atoms with Gasteiger partial charge in [-0.2, -0.15) is 0 Å². The summed E-state index contributed by atoms with van der Waals surface area (Å²) in [5, 5.41) is 6.20. The van der Waals surface area contributed by atoms with Crippen LogP contribution in [0.3, 0.4) is 0 Å². The van der Waals surface area contributed by atoms with E-state index in [0.29, 0.717) is 25.6 Å². The zero-order valence-electron chi connectivity index (χ0n) is 12.9. The van der Waals surface area contributed by atoms with Gasteiger partial charge < -0.3 is 16.4 Å². The number of rotatable bonds is 6. The summed E-state index contributed by atoms with van der Waals surface area (Å²) >= 11 is 0. The second-order valence-corrected chi connectivity index (χ2v) is 5.42. The van der Waals surface area contributed by atoms with Crippen LogP contribution < -0.4 is 16.4 Å². The Labute approximate surface area is 144 Å². The molecule has 1 saturated carbocycles. The molecule has 0 spiro atoms. The maximum absolute atomic E-state index is 12.1. The molecule has 5 nitrogen and oxygen atoms in total. The Bertz CT molecular complexity index is 459. The predicted octanol–water partition coefficient (Wildman–Crippen LogP) is 2.14. The standard InChI is InChI=1S/C15H24N4O.2ClH/c1-11-4-2-7-14(19-11)17-8-9-18-15(20)13-6-3-5-12(13)10-16;;/h2,4,7,12-13H,3,5-6,8-10,16H2,1H3,(H,17,19)(H,18,20);2*1H/t12-,13-;;/m1../s1. The number of anilines is 1. The first-order chi connectivity index (χ1) is 9.70. The third-order valence-electron chi connectivity index (χ3n) is 3.92. The van der Waals surface area contributed by atoms with Crippen LogP contribution in [0.5, 0.6) is 0 Å². The van der Waals surface area contributed by atoms with E-state index in [9.17, 15) is 4.79 Å². The van der Waals surface area contributed by atoms with Crippen LogP contribution in [-0.4, -0.2) is 30.5 Å². The molecule has 1 aliphatic carbocycles. The van der Waals surface area contributed by atoms with Gasteiger partial charge in [-0.25, -0.2) is 4.98 Å². The van der Waals surface area contributed by atoms with E-state index in [1.807, 2.05) is 25.1 Å². The molecule has 126 valence electrons. The number of hydrogen-bond acceptors (Lipinski definition) is 4. The minimum absolute atomic E-state index is 0. The highest BCUT2D eigenvalue weighted by atomic mass is 35.5. The van der Waals surface area contributed by atoms with Crippen LogP contribution in [-0.2, 0) is 4.79 Å². The Morgan fingerprint density at radius 3 is 2.77 bits per heavy atom. The van der Waals surface area contributed by atoms with Gasteiger partial charge in [0.25, 0.3) is 0 Å². The van der Waals surface area contributed by atoms with Crippen molar-refractivity contribution in [1.82, 2.24) is 10.3 Å². The van der Waals surface area contributed by atoms with Crippen molar-refractivity contribution < 1.29 is 4.79 Å². The van der Waals surface area contributed by atoms with E-state index in [0.717, 1.165) is 30.8 Å². The molecule has 0 aromatic carbocycles. The molecule has 1 heterocycles. The van der Waals surface area contributed by atoms with E-state index in [4.69, 9.17) is 5.73 Å². The molecule has 0 saturated heterocycles. The van der Waals surface area contributed by atoms with Crippen LogP contribution in [0.25, 0.3) is 0 Å². The number of pyridine rings is 1. The summed E-state index contributed by atoms with van der Waals surface area (Å²) < 4.78 is 0. The van der Waals surface area contributed by atoms with Crippen LogP contribution in [0, 0.1) is 18.8 Å². The van der Waals surface area contributed by atoms with Gasteiger partial charge in [0.1, 0.15) is 5.82 Å². The molecular formula is C15H26Cl2N4O. The number of aryl methyl sites for hydroxylation is 1. The lowest BCUT2D eigenvalue weighted by Crippen LogP contribution is -2.37. The highest BCUT2D eigenvalue weighted by Gasteiger charge is 2.31. The lowest BCUT2D eigenvalue weighted by atomic mass is 9.95. The fourth-order valence-corrected chi connectivity index (χ4v) is 2.81. The summed E-state index contributed by atoms with van der Waals surface area (Å²) in [5.74, 6) is 1.47. The van der Waals surface area contributed by atoms with Gasteiger partial charge in [0, 0.05) is 24.7 Å². The summed E-state index contributed by atoms with van der Waals surface area (Å²) in [6.07, 6.45) is 3.17. The fourth-order valence-electron chi connectivity index (χ4n) is 2.81. The molecular weight excluding hydrogens is 323 g/mol. The smallest absolute Gasteiger partial charge is 0.223 e. The normalized spacial score (nSPS) is 19.7. The molecule has 0 bridgehead atoms. The quantitative estimate of drug-likeness (QED) is 0.688. The number of nitrogens with zero attached hydrogens (tertiary/aromatic N) is 1. The largest absolute Gasteiger partial charge is 0.368 e. The predicted molar refractivity (Wildman–Crippen MR) is 94.9 cm³/mol. The summed E-state index contributed by atoms with van der Waals surface area (Å²) in [6, 6.07) is 5.85. The van der Waals surface area contributed by atoms with Crippen LogP contribution in [0.4, 0.5) is 5.82 Å². The summed E-state index contributed by atoms with van der Waals surface area (Å²) in [7, 11) is 0. The van der Waals surface area contributed by atoms with E-state index < -0.39 is 0 Å². The van der Waals surface area contributed by atoms with Crippen molar-refractivity contribution >= 4 is 36.5 Å². The number of carbonyl (C=O) groups is 1. The number of carbonyl (C=O) groups excluding carboxylic acids is 1. The van der Waals surface area contributed by atoms with Gasteiger partial charge >= 0.3 is 0 Å². The van der Waals surface area contributed by atoms with Crippen molar-refractivity contribution in [3.05, 3.63) is 23.9 Å². The van der Waals surface area contributed by atoms with E-state index in [1.54, 1.807) is 0 Å². The Kier molecular flexibility index (Phi) is 10.1. The van der Waals surface area contributed by atoms with Gasteiger partial charge in [-0.15, -0.1) is 24.8 Å². The van der Waals surface area contributed by atoms with Gasteiger partial charge in [-0.3, -0.25) is 4.79 Å². The third kappa shape index (κ3) is 5.99. The molecule has 2 rings (SSSR count). The van der Waals surface area contributed by atoms with Crippen molar-refractivity contribution in [1.29, 1.82) is 0 Å². The number of nitrogens with two attached hydrogens (primary N) is 1. The topological polar surface area (TPSA) is 80.0 Å². The fraction of sp³-hybridized carbons (Fsp3) is 0.600. The molecule has 0 aliphatic heterocycles. The summed E-state index contributed by atoms with van der Waals surface area (Å²) in [4.78, 5) is 16.4. The molecule has 1 amide bonds. The Morgan fingerprint density at radius 1 is 1.32 bits per heavy atom. The first kappa shape index (κ1) is 21.0. The zero-order valence-corrected chi connectivity index (χ0v) is 14.5.